The predicted molar refractivity (Wildman–Crippen MR) is 121 cm³/mol. The van der Waals surface area contributed by atoms with Gasteiger partial charge in [-0.3, -0.25) is 9.69 Å². The van der Waals surface area contributed by atoms with Gasteiger partial charge in [-0.1, -0.05) is 19.1 Å². The number of anilines is 1. The van der Waals surface area contributed by atoms with E-state index in [1.807, 2.05) is 11.8 Å². The number of aryl methyl sites for hydroxylation is 3. The van der Waals surface area contributed by atoms with Crippen LogP contribution in [0, 0.1) is 5.82 Å². The molecule has 2 aliphatic rings. The lowest BCUT2D eigenvalue weighted by Gasteiger charge is -2.42. The van der Waals surface area contributed by atoms with Crippen molar-refractivity contribution in [3.63, 3.8) is 0 Å². The van der Waals surface area contributed by atoms with E-state index in [-0.39, 0.29) is 11.9 Å². The fourth-order valence-electron chi connectivity index (χ4n) is 4.59. The van der Waals surface area contributed by atoms with E-state index in [0.717, 1.165) is 49.3 Å². The van der Waals surface area contributed by atoms with Crippen LogP contribution in [0.15, 0.2) is 30.3 Å². The van der Waals surface area contributed by atoms with Crippen molar-refractivity contribution in [2.45, 2.75) is 57.6 Å². The van der Waals surface area contributed by atoms with Crippen LogP contribution in [0.25, 0.3) is 0 Å². The molecule has 7 heteroatoms. The van der Waals surface area contributed by atoms with Gasteiger partial charge < -0.3 is 15.2 Å². The van der Waals surface area contributed by atoms with Crippen LogP contribution >= 0.6 is 0 Å². The molecule has 4 rings (SSSR count). The van der Waals surface area contributed by atoms with E-state index in [1.165, 1.54) is 24.1 Å². The van der Waals surface area contributed by atoms with Gasteiger partial charge in [0.2, 0.25) is 0 Å². The quantitative estimate of drug-likeness (QED) is 0.543. The first-order valence-corrected chi connectivity index (χ1v) is 11.6. The minimum absolute atomic E-state index is 0.0495. The lowest BCUT2D eigenvalue weighted by atomic mass is 9.94. The molecule has 2 aliphatic heterocycles. The molecule has 0 amide bonds. The number of likely N-dealkylation sites (tertiary alicyclic amines) is 1. The number of pyridine rings is 1. The molecule has 172 valence electrons. The van der Waals surface area contributed by atoms with E-state index < -0.39 is 12.0 Å². The van der Waals surface area contributed by atoms with Crippen LogP contribution in [0.2, 0.25) is 0 Å². The number of hydrogen-bond acceptors (Lipinski definition) is 5. The highest BCUT2D eigenvalue weighted by molar-refractivity contribution is 5.76. The molecular weight excluding hydrogens is 409 g/mol. The van der Waals surface area contributed by atoms with Crippen molar-refractivity contribution in [2.24, 2.45) is 0 Å². The van der Waals surface area contributed by atoms with Crippen LogP contribution in [0.4, 0.5) is 10.2 Å². The molecule has 32 heavy (non-hydrogen) atoms. The first-order valence-electron chi connectivity index (χ1n) is 11.6. The molecule has 1 unspecified atom stereocenters. The molecular formula is C25H32FN3O3. The number of aliphatic carboxylic acids is 1. The van der Waals surface area contributed by atoms with E-state index in [4.69, 9.17) is 9.72 Å². The Morgan fingerprint density at radius 3 is 2.94 bits per heavy atom. The second-order valence-corrected chi connectivity index (χ2v) is 8.68. The van der Waals surface area contributed by atoms with Crippen molar-refractivity contribution >= 4 is 11.8 Å². The predicted octanol–water partition coefficient (Wildman–Crippen LogP) is 3.99. The summed E-state index contributed by atoms with van der Waals surface area (Å²) in [5.41, 5.74) is 3.84. The summed E-state index contributed by atoms with van der Waals surface area (Å²) in [5, 5.41) is 13.2. The number of nitrogens with zero attached hydrogens (tertiary/aromatic N) is 2. The Bertz CT molecular complexity index is 946. The molecule has 1 aromatic carbocycles. The van der Waals surface area contributed by atoms with E-state index in [0.29, 0.717) is 31.7 Å². The molecule has 1 atom stereocenters. The second-order valence-electron chi connectivity index (χ2n) is 8.68. The molecule has 1 saturated heterocycles. The minimum Gasteiger partial charge on any atom is -0.480 e. The largest absolute Gasteiger partial charge is 0.480 e. The van der Waals surface area contributed by atoms with Gasteiger partial charge >= 0.3 is 5.97 Å². The van der Waals surface area contributed by atoms with Gasteiger partial charge in [0.1, 0.15) is 17.7 Å². The molecule has 2 aromatic rings. The van der Waals surface area contributed by atoms with Gasteiger partial charge in [-0.2, -0.15) is 0 Å². The Morgan fingerprint density at radius 2 is 2.16 bits per heavy atom. The van der Waals surface area contributed by atoms with Crippen molar-refractivity contribution in [3.05, 3.63) is 58.5 Å². The van der Waals surface area contributed by atoms with E-state index in [9.17, 15) is 14.3 Å². The Morgan fingerprint density at radius 1 is 1.31 bits per heavy atom. The summed E-state index contributed by atoms with van der Waals surface area (Å²) in [6.45, 7) is 4.73. The first-order chi connectivity index (χ1) is 15.5. The Balaban J connectivity index is 1.20. The van der Waals surface area contributed by atoms with Crippen molar-refractivity contribution in [1.29, 1.82) is 0 Å². The second kappa shape index (κ2) is 10.4. The minimum atomic E-state index is -0.906. The van der Waals surface area contributed by atoms with Crippen LogP contribution in [0.3, 0.4) is 0 Å². The van der Waals surface area contributed by atoms with Gasteiger partial charge in [0.05, 0.1) is 6.10 Å². The maximum atomic E-state index is 13.6. The van der Waals surface area contributed by atoms with E-state index in [1.54, 1.807) is 6.07 Å². The van der Waals surface area contributed by atoms with Crippen LogP contribution in [0.1, 0.15) is 54.6 Å². The molecule has 0 radical (unpaired) electrons. The number of unbranched alkanes of at least 4 members (excludes halogenated alkanes) is 1. The average Bonchev–Trinajstić information content (AvgIpc) is 2.77. The number of aromatic nitrogens is 1. The number of fused-ring (bicyclic) bond motifs is 1. The van der Waals surface area contributed by atoms with Crippen molar-refractivity contribution in [3.8, 4) is 0 Å². The van der Waals surface area contributed by atoms with Crippen LogP contribution in [-0.2, 0) is 28.8 Å². The van der Waals surface area contributed by atoms with Crippen molar-refractivity contribution in [2.75, 3.05) is 31.6 Å². The monoisotopic (exact) mass is 441 g/mol. The van der Waals surface area contributed by atoms with Gasteiger partial charge in [0, 0.05) is 31.9 Å². The summed E-state index contributed by atoms with van der Waals surface area (Å²) in [6.07, 6.45) is 5.80. The molecule has 0 aliphatic carbocycles. The van der Waals surface area contributed by atoms with Crippen LogP contribution < -0.4 is 5.32 Å². The summed E-state index contributed by atoms with van der Waals surface area (Å²) < 4.78 is 19.5. The molecule has 2 N–H and O–H groups in total. The zero-order valence-electron chi connectivity index (χ0n) is 18.6. The van der Waals surface area contributed by atoms with Crippen LogP contribution in [-0.4, -0.2) is 53.3 Å². The fourth-order valence-corrected chi connectivity index (χ4v) is 4.59. The van der Waals surface area contributed by atoms with Crippen molar-refractivity contribution in [1.82, 2.24) is 9.88 Å². The number of benzene rings is 1. The number of rotatable bonds is 10. The van der Waals surface area contributed by atoms with E-state index >= 15 is 0 Å². The Kier molecular flexibility index (Phi) is 7.37. The molecule has 0 spiro atoms. The lowest BCUT2D eigenvalue weighted by Crippen LogP contribution is -2.55. The summed E-state index contributed by atoms with van der Waals surface area (Å²) in [4.78, 5) is 18.6. The van der Waals surface area contributed by atoms with Gasteiger partial charge in [-0.15, -0.1) is 0 Å². The number of carboxylic acid groups (broad SMARTS) is 1. The number of halogens is 1. The zero-order chi connectivity index (χ0) is 22.5. The van der Waals surface area contributed by atoms with Gasteiger partial charge in [-0.25, -0.2) is 9.37 Å². The molecule has 1 fully saturated rings. The maximum absolute atomic E-state index is 13.6. The lowest BCUT2D eigenvalue weighted by molar-refractivity contribution is -0.151. The topological polar surface area (TPSA) is 74.7 Å². The maximum Gasteiger partial charge on any atom is 0.325 e. The highest BCUT2D eigenvalue weighted by atomic mass is 19.1. The molecule has 6 nitrogen and oxygen atoms in total. The average molecular weight is 442 g/mol. The third-order valence-electron chi connectivity index (χ3n) is 6.39. The first kappa shape index (κ1) is 22.7. The summed E-state index contributed by atoms with van der Waals surface area (Å²) in [6, 6.07) is 7.94. The normalized spacial score (nSPS) is 17.3. The molecule has 1 aromatic heterocycles. The summed E-state index contributed by atoms with van der Waals surface area (Å²) >= 11 is 0. The number of nitrogens with one attached hydrogen (secondary N) is 1. The van der Waals surface area contributed by atoms with Gasteiger partial charge in [0.25, 0.3) is 0 Å². The third kappa shape index (κ3) is 5.27. The molecule has 0 saturated carbocycles. The number of ether oxygens (including phenoxy) is 1. The third-order valence-corrected chi connectivity index (χ3v) is 6.39. The Hall–Kier alpha value is -2.51. The standard InChI is InChI=1S/C25H32FN3O3/c1-2-17-14-19(26)9-11-22(17)23(25(30)31)29-15-21(16-29)32-13-4-3-7-20-10-8-18-6-5-12-27-24(18)28-20/h8-11,14,21,23H,2-7,12-13,15-16H2,1H3,(H,27,28)(H,30,31). The summed E-state index contributed by atoms with van der Waals surface area (Å²) in [7, 11) is 0. The highest BCUT2D eigenvalue weighted by Crippen LogP contribution is 2.30. The molecule has 0 bridgehead atoms. The zero-order valence-corrected chi connectivity index (χ0v) is 18.6. The number of carbonyl (C=O) groups is 1. The smallest absolute Gasteiger partial charge is 0.325 e. The fraction of sp³-hybridized carbons (Fsp3) is 0.520. The molecule has 3 heterocycles. The number of hydrogen-bond donors (Lipinski definition) is 2. The van der Waals surface area contributed by atoms with Gasteiger partial charge in [0.15, 0.2) is 0 Å². The summed E-state index contributed by atoms with van der Waals surface area (Å²) in [5.74, 6) is -0.196. The van der Waals surface area contributed by atoms with Gasteiger partial charge in [-0.05, 0) is 73.4 Å². The van der Waals surface area contributed by atoms with E-state index in [2.05, 4.69) is 17.4 Å². The highest BCUT2D eigenvalue weighted by Gasteiger charge is 2.38. The SMILES string of the molecule is CCc1cc(F)ccc1C(C(=O)O)N1CC(OCCCCc2ccc3c(n2)NCCC3)C1. The van der Waals surface area contributed by atoms with Crippen molar-refractivity contribution < 1.29 is 19.0 Å². The van der Waals surface area contributed by atoms with Crippen LogP contribution in [0.5, 0.6) is 0 Å². The Labute approximate surface area is 188 Å². The number of carboxylic acids is 1.